The van der Waals surface area contributed by atoms with Crippen molar-refractivity contribution < 1.29 is 9.84 Å². The third-order valence-corrected chi connectivity index (χ3v) is 7.50. The Hall–Kier alpha value is -1.86. The molecular weight excluding hydrogens is 452 g/mol. The Morgan fingerprint density at radius 3 is 2.83 bits per heavy atom. The smallest absolute Gasteiger partial charge is 0.260 e. The molecule has 1 aromatic carbocycles. The summed E-state index contributed by atoms with van der Waals surface area (Å²) < 4.78 is 6.01. The monoisotopic (exact) mass is 476 g/mol. The van der Waals surface area contributed by atoms with Gasteiger partial charge in [0.25, 0.3) is 5.56 Å². The van der Waals surface area contributed by atoms with Crippen molar-refractivity contribution in [3.63, 3.8) is 0 Å². The first-order valence-electron chi connectivity index (χ1n) is 9.89. The van der Waals surface area contributed by atoms with Crippen LogP contribution in [0.4, 0.5) is 0 Å². The topological polar surface area (TPSA) is 75.2 Å². The fourth-order valence-electron chi connectivity index (χ4n) is 4.04. The fourth-order valence-corrected chi connectivity index (χ4v) is 5.78. The lowest BCUT2D eigenvalue weighted by Gasteiger charge is -2.33. The van der Waals surface area contributed by atoms with E-state index in [1.807, 2.05) is 6.92 Å². The molecule has 0 bridgehead atoms. The summed E-state index contributed by atoms with van der Waals surface area (Å²) in [6.07, 6.45) is 3.04. The van der Waals surface area contributed by atoms with Gasteiger partial charge >= 0.3 is 0 Å². The van der Waals surface area contributed by atoms with Crippen LogP contribution < -0.4 is 10.3 Å². The van der Waals surface area contributed by atoms with Crippen molar-refractivity contribution in [1.82, 2.24) is 9.97 Å². The molecule has 2 N–H and O–H groups in total. The number of hydrogen-bond donors (Lipinski definition) is 2. The number of phenols is 1. The van der Waals surface area contributed by atoms with E-state index in [1.165, 1.54) is 10.4 Å². The third kappa shape index (κ3) is 3.70. The van der Waals surface area contributed by atoms with Gasteiger partial charge in [-0.15, -0.1) is 11.3 Å². The van der Waals surface area contributed by atoms with Gasteiger partial charge in [-0.05, 0) is 71.1 Å². The van der Waals surface area contributed by atoms with Crippen molar-refractivity contribution in [3.8, 4) is 22.9 Å². The first-order chi connectivity index (χ1) is 13.7. The molecule has 0 saturated heterocycles. The average Bonchev–Trinajstić information content (AvgIpc) is 3.02. The van der Waals surface area contributed by atoms with Gasteiger partial charge in [-0.1, -0.05) is 20.8 Å². The highest BCUT2D eigenvalue weighted by Gasteiger charge is 2.31. The predicted molar refractivity (Wildman–Crippen MR) is 121 cm³/mol. The van der Waals surface area contributed by atoms with E-state index in [1.54, 1.807) is 23.5 Å². The van der Waals surface area contributed by atoms with Crippen LogP contribution in [0.3, 0.4) is 0 Å². The van der Waals surface area contributed by atoms with Gasteiger partial charge in [-0.25, -0.2) is 4.98 Å². The number of nitrogens with zero attached hydrogens (tertiary/aromatic N) is 1. The summed E-state index contributed by atoms with van der Waals surface area (Å²) in [6.45, 7) is 9.15. The molecule has 0 spiro atoms. The Balaban J connectivity index is 1.81. The first-order valence-corrected chi connectivity index (χ1v) is 11.5. The molecule has 0 saturated carbocycles. The number of nitrogens with one attached hydrogen (secondary N) is 1. The number of aromatic hydroxyl groups is 1. The fraction of sp³-hybridized carbons (Fsp3) is 0.455. The number of H-pyrrole nitrogens is 1. The molecule has 0 radical (unpaired) electrons. The van der Waals surface area contributed by atoms with Gasteiger partial charge in [0.05, 0.1) is 16.5 Å². The molecule has 2 aromatic heterocycles. The highest BCUT2D eigenvalue weighted by Crippen LogP contribution is 2.43. The Labute approximate surface area is 182 Å². The lowest BCUT2D eigenvalue weighted by atomic mass is 9.72. The minimum Gasteiger partial charge on any atom is -0.503 e. The minimum absolute atomic E-state index is 0.0406. The van der Waals surface area contributed by atoms with Crippen LogP contribution in [0.25, 0.3) is 21.6 Å². The van der Waals surface area contributed by atoms with Crippen LogP contribution >= 0.6 is 27.3 Å². The number of hydrogen-bond acceptors (Lipinski definition) is 5. The van der Waals surface area contributed by atoms with Crippen LogP contribution in [-0.4, -0.2) is 21.7 Å². The van der Waals surface area contributed by atoms with Gasteiger partial charge in [0.1, 0.15) is 10.7 Å². The summed E-state index contributed by atoms with van der Waals surface area (Å²) >= 11 is 5.00. The summed E-state index contributed by atoms with van der Waals surface area (Å²) in [5, 5.41) is 10.9. The zero-order chi connectivity index (χ0) is 20.9. The summed E-state index contributed by atoms with van der Waals surface area (Å²) in [5.74, 6) is 1.50. The SMILES string of the molecule is CCOc1cc(-c2nc3sc4c(c3c(=O)[nH]2)CCC(C(C)(C)C)C4)cc(Br)c1O. The van der Waals surface area contributed by atoms with Crippen LogP contribution in [0.5, 0.6) is 11.5 Å². The number of fused-ring (bicyclic) bond motifs is 3. The van der Waals surface area contributed by atoms with Crippen LogP contribution in [-0.2, 0) is 12.8 Å². The molecule has 1 aliphatic carbocycles. The Morgan fingerprint density at radius 2 is 2.14 bits per heavy atom. The van der Waals surface area contributed by atoms with Crippen molar-refractivity contribution in [3.05, 3.63) is 37.4 Å². The summed E-state index contributed by atoms with van der Waals surface area (Å²) in [6, 6.07) is 3.45. The number of thiophene rings is 1. The number of ether oxygens (including phenoxy) is 1. The molecule has 4 rings (SSSR count). The predicted octanol–water partition coefficient (Wildman–Crippen LogP) is 5.67. The molecule has 29 heavy (non-hydrogen) atoms. The van der Waals surface area contributed by atoms with Crippen LogP contribution in [0.1, 0.15) is 44.6 Å². The minimum atomic E-state index is -0.0983. The van der Waals surface area contributed by atoms with Crippen molar-refractivity contribution in [2.24, 2.45) is 11.3 Å². The number of benzene rings is 1. The number of halogens is 1. The Morgan fingerprint density at radius 1 is 1.38 bits per heavy atom. The van der Waals surface area contributed by atoms with Crippen LogP contribution in [0, 0.1) is 11.3 Å². The first kappa shape index (κ1) is 20.4. The molecule has 1 atom stereocenters. The molecule has 2 heterocycles. The number of aryl methyl sites for hydroxylation is 1. The number of phenolic OH excluding ortho intramolecular Hbond substituents is 1. The van der Waals surface area contributed by atoms with E-state index in [4.69, 9.17) is 9.72 Å². The van der Waals surface area contributed by atoms with E-state index < -0.39 is 0 Å². The van der Waals surface area contributed by atoms with Gasteiger partial charge in [-0.3, -0.25) is 4.79 Å². The van der Waals surface area contributed by atoms with E-state index >= 15 is 0 Å². The number of aromatic amines is 1. The summed E-state index contributed by atoms with van der Waals surface area (Å²) in [5.41, 5.74) is 2.02. The number of rotatable bonds is 3. The molecule has 0 aliphatic heterocycles. The van der Waals surface area contributed by atoms with E-state index in [-0.39, 0.29) is 16.7 Å². The normalized spacial score (nSPS) is 16.8. The molecular formula is C22H25BrN2O3S. The molecule has 154 valence electrons. The number of aromatic nitrogens is 2. The molecule has 3 aromatic rings. The van der Waals surface area contributed by atoms with Gasteiger partial charge in [0, 0.05) is 10.4 Å². The van der Waals surface area contributed by atoms with Gasteiger partial charge in [0.15, 0.2) is 11.5 Å². The molecule has 1 unspecified atom stereocenters. The highest BCUT2D eigenvalue weighted by molar-refractivity contribution is 9.10. The second-order valence-electron chi connectivity index (χ2n) is 8.64. The van der Waals surface area contributed by atoms with Crippen molar-refractivity contribution in [1.29, 1.82) is 0 Å². The lowest BCUT2D eigenvalue weighted by molar-refractivity contribution is 0.218. The van der Waals surface area contributed by atoms with Gasteiger partial charge in [0.2, 0.25) is 0 Å². The second-order valence-corrected chi connectivity index (χ2v) is 10.6. The maximum absolute atomic E-state index is 13.0. The van der Waals surface area contributed by atoms with Crippen molar-refractivity contribution in [2.75, 3.05) is 6.61 Å². The summed E-state index contributed by atoms with van der Waals surface area (Å²) in [7, 11) is 0. The van der Waals surface area contributed by atoms with Crippen LogP contribution in [0.15, 0.2) is 21.4 Å². The highest BCUT2D eigenvalue weighted by atomic mass is 79.9. The van der Waals surface area contributed by atoms with Crippen molar-refractivity contribution in [2.45, 2.75) is 47.0 Å². The zero-order valence-electron chi connectivity index (χ0n) is 17.1. The van der Waals surface area contributed by atoms with E-state index in [9.17, 15) is 9.90 Å². The molecule has 0 fully saturated rings. The average molecular weight is 477 g/mol. The second kappa shape index (κ2) is 7.43. The van der Waals surface area contributed by atoms with Gasteiger partial charge in [-0.2, -0.15) is 0 Å². The maximum Gasteiger partial charge on any atom is 0.260 e. The maximum atomic E-state index is 13.0. The lowest BCUT2D eigenvalue weighted by Crippen LogP contribution is -2.26. The third-order valence-electron chi connectivity index (χ3n) is 5.75. The largest absolute Gasteiger partial charge is 0.503 e. The molecule has 7 heteroatoms. The zero-order valence-corrected chi connectivity index (χ0v) is 19.5. The molecule has 1 aliphatic rings. The van der Waals surface area contributed by atoms with Gasteiger partial charge < -0.3 is 14.8 Å². The van der Waals surface area contributed by atoms with Crippen molar-refractivity contribution >= 4 is 37.5 Å². The van der Waals surface area contributed by atoms with E-state index in [0.717, 1.165) is 29.5 Å². The standard InChI is InChI=1S/C22H25BrN2O3S/c1-5-28-15-9-11(8-14(23)18(15)26)19-24-20(27)17-13-7-6-12(22(2,3)4)10-16(13)29-21(17)25-19/h8-9,12,26H,5-7,10H2,1-4H3,(H,24,25,27). The molecule has 5 nitrogen and oxygen atoms in total. The quantitative estimate of drug-likeness (QED) is 0.510. The Bertz CT molecular complexity index is 1140. The van der Waals surface area contributed by atoms with E-state index in [0.29, 0.717) is 34.1 Å². The Kier molecular flexibility index (Phi) is 5.23. The van der Waals surface area contributed by atoms with E-state index in [2.05, 4.69) is 41.7 Å². The van der Waals surface area contributed by atoms with Crippen LogP contribution in [0.2, 0.25) is 0 Å². The summed E-state index contributed by atoms with van der Waals surface area (Å²) in [4.78, 5) is 22.8. The molecule has 0 amide bonds.